The number of aromatic nitrogens is 4. The fraction of sp³-hybridized carbons (Fsp3) is 0.409. The third-order valence-corrected chi connectivity index (χ3v) is 4.84. The number of hydrogen-bond acceptors (Lipinski definition) is 9. The van der Waals surface area contributed by atoms with Crippen LogP contribution in [0.25, 0.3) is 11.5 Å². The molecule has 9 nitrogen and oxygen atoms in total. The van der Waals surface area contributed by atoms with Gasteiger partial charge in [-0.25, -0.2) is 9.78 Å². The van der Waals surface area contributed by atoms with Gasteiger partial charge in [-0.3, -0.25) is 9.88 Å². The van der Waals surface area contributed by atoms with Gasteiger partial charge in [0, 0.05) is 37.0 Å². The topological polar surface area (TPSA) is 102 Å². The second-order valence-corrected chi connectivity index (χ2v) is 9.47. The van der Waals surface area contributed by atoms with Crippen molar-refractivity contribution in [3.63, 3.8) is 0 Å². The molecule has 3 aromatic heterocycles. The predicted molar refractivity (Wildman–Crippen MR) is 126 cm³/mol. The van der Waals surface area contributed by atoms with Crippen LogP contribution in [-0.2, 0) is 10.9 Å². The number of nitrogens with one attached hydrogen (secondary N) is 1. The predicted octanol–water partition coefficient (Wildman–Crippen LogP) is 5.92. The zero-order chi connectivity index (χ0) is 26.0. The van der Waals surface area contributed by atoms with Crippen molar-refractivity contribution < 1.29 is 27.4 Å². The molecule has 35 heavy (non-hydrogen) atoms. The molecule has 0 aliphatic carbocycles. The Balaban J connectivity index is 1.92. The van der Waals surface area contributed by atoms with Crippen LogP contribution in [0.4, 0.5) is 34.6 Å². The lowest BCUT2D eigenvalue weighted by molar-refractivity contribution is -0.137. The van der Waals surface area contributed by atoms with Crippen LogP contribution in [0.3, 0.4) is 0 Å². The lowest BCUT2D eigenvalue weighted by Crippen LogP contribution is -2.34. The van der Waals surface area contributed by atoms with Crippen molar-refractivity contribution in [3.8, 4) is 17.3 Å². The molecular formula is C22H25F3N6O3S. The van der Waals surface area contributed by atoms with E-state index in [1.54, 1.807) is 39.1 Å². The number of pyridine rings is 2. The van der Waals surface area contributed by atoms with Crippen molar-refractivity contribution >= 4 is 34.3 Å². The van der Waals surface area contributed by atoms with Gasteiger partial charge in [-0.2, -0.15) is 22.5 Å². The quantitative estimate of drug-likeness (QED) is 0.436. The molecule has 0 spiro atoms. The lowest BCUT2D eigenvalue weighted by atomic mass is 10.2. The van der Waals surface area contributed by atoms with Crippen LogP contribution in [0, 0.1) is 0 Å². The maximum absolute atomic E-state index is 13.3. The van der Waals surface area contributed by atoms with Crippen molar-refractivity contribution in [2.75, 3.05) is 17.3 Å². The Bertz CT molecular complexity index is 1190. The van der Waals surface area contributed by atoms with E-state index in [1.165, 1.54) is 7.05 Å². The molecule has 1 N–H and O–H groups in total. The minimum Gasteiger partial charge on any atom is -0.491 e. The van der Waals surface area contributed by atoms with E-state index in [0.717, 1.165) is 22.5 Å². The van der Waals surface area contributed by atoms with E-state index in [4.69, 9.17) is 9.47 Å². The van der Waals surface area contributed by atoms with Crippen LogP contribution in [0.15, 0.2) is 30.6 Å². The van der Waals surface area contributed by atoms with Gasteiger partial charge >= 0.3 is 12.3 Å². The lowest BCUT2D eigenvalue weighted by Gasteiger charge is -2.26. The number of nitrogens with zero attached hydrogens (tertiary/aromatic N) is 5. The molecule has 3 rings (SSSR count). The maximum atomic E-state index is 13.3. The first-order valence-electron chi connectivity index (χ1n) is 10.5. The van der Waals surface area contributed by atoms with E-state index in [2.05, 4.69) is 24.6 Å². The number of amides is 1. The molecule has 0 aliphatic rings. The molecule has 0 unspecified atom stereocenters. The number of carbonyl (C=O) groups excluding carboxylic acids is 1. The minimum atomic E-state index is -4.65. The summed E-state index contributed by atoms with van der Waals surface area (Å²) in [6, 6.07) is 4.21. The highest BCUT2D eigenvalue weighted by Crippen LogP contribution is 2.36. The fourth-order valence-corrected chi connectivity index (χ4v) is 3.32. The molecule has 0 bridgehead atoms. The first kappa shape index (κ1) is 26.1. The summed E-state index contributed by atoms with van der Waals surface area (Å²) in [5.41, 5.74) is -1.55. The van der Waals surface area contributed by atoms with Gasteiger partial charge in [0.1, 0.15) is 17.0 Å². The largest absolute Gasteiger partial charge is 0.491 e. The molecule has 3 aromatic rings. The summed E-state index contributed by atoms with van der Waals surface area (Å²) < 4.78 is 55.2. The maximum Gasteiger partial charge on any atom is 0.417 e. The Morgan fingerprint density at radius 3 is 2.51 bits per heavy atom. The first-order valence-corrected chi connectivity index (χ1v) is 11.3. The monoisotopic (exact) mass is 510 g/mol. The molecule has 0 fully saturated rings. The van der Waals surface area contributed by atoms with E-state index < -0.39 is 23.4 Å². The van der Waals surface area contributed by atoms with Gasteiger partial charge in [-0.1, -0.05) is 0 Å². The molecule has 3 heterocycles. The van der Waals surface area contributed by atoms with Crippen molar-refractivity contribution in [2.24, 2.45) is 0 Å². The average Bonchev–Trinajstić information content (AvgIpc) is 3.20. The second-order valence-electron chi connectivity index (χ2n) is 8.72. The Hall–Kier alpha value is -3.48. The molecule has 1 amide bonds. The summed E-state index contributed by atoms with van der Waals surface area (Å²) in [6.07, 6.45) is -3.29. The summed E-state index contributed by atoms with van der Waals surface area (Å²) in [5.74, 6) is 0.861. The highest BCUT2D eigenvalue weighted by atomic mass is 32.1. The van der Waals surface area contributed by atoms with E-state index in [1.807, 2.05) is 13.8 Å². The summed E-state index contributed by atoms with van der Waals surface area (Å²) in [4.78, 5) is 26.0. The minimum absolute atomic E-state index is 0.0288. The Labute approximate surface area is 204 Å². The summed E-state index contributed by atoms with van der Waals surface area (Å²) >= 11 is 0.958. The smallest absolute Gasteiger partial charge is 0.417 e. The van der Waals surface area contributed by atoms with Gasteiger partial charge in [0.2, 0.25) is 5.13 Å². The Morgan fingerprint density at radius 1 is 1.17 bits per heavy atom. The van der Waals surface area contributed by atoms with Crippen molar-refractivity contribution in [1.82, 2.24) is 19.3 Å². The Morgan fingerprint density at radius 2 is 1.89 bits per heavy atom. The van der Waals surface area contributed by atoms with Crippen LogP contribution < -0.4 is 15.0 Å². The summed E-state index contributed by atoms with van der Waals surface area (Å²) in [7, 11) is 1.30. The van der Waals surface area contributed by atoms with Crippen LogP contribution in [0.1, 0.15) is 40.2 Å². The number of rotatable bonds is 6. The van der Waals surface area contributed by atoms with Gasteiger partial charge in [-0.15, -0.1) is 0 Å². The van der Waals surface area contributed by atoms with Crippen molar-refractivity contribution in [2.45, 2.75) is 52.5 Å². The molecule has 0 atom stereocenters. The molecule has 0 aliphatic heterocycles. The highest BCUT2D eigenvalue weighted by Gasteiger charge is 2.33. The van der Waals surface area contributed by atoms with E-state index >= 15 is 0 Å². The molecule has 0 saturated heterocycles. The summed E-state index contributed by atoms with van der Waals surface area (Å²) in [6.45, 7) is 8.75. The summed E-state index contributed by atoms with van der Waals surface area (Å²) in [5, 5.41) is 3.08. The van der Waals surface area contributed by atoms with Gasteiger partial charge < -0.3 is 14.8 Å². The van der Waals surface area contributed by atoms with Crippen LogP contribution in [-0.4, -0.2) is 44.2 Å². The number of alkyl halides is 3. The highest BCUT2D eigenvalue weighted by molar-refractivity contribution is 7.09. The number of halogens is 3. The first-order chi connectivity index (χ1) is 16.2. The third kappa shape index (κ3) is 7.01. The average molecular weight is 511 g/mol. The van der Waals surface area contributed by atoms with Crippen molar-refractivity contribution in [1.29, 1.82) is 0 Å². The van der Waals surface area contributed by atoms with Gasteiger partial charge in [0.15, 0.2) is 11.6 Å². The number of hydrogen-bond donors (Lipinski definition) is 1. The number of ether oxygens (including phenoxy) is 2. The number of anilines is 3. The van der Waals surface area contributed by atoms with E-state index in [-0.39, 0.29) is 22.7 Å². The molecule has 13 heteroatoms. The van der Waals surface area contributed by atoms with Gasteiger partial charge in [0.05, 0.1) is 17.4 Å². The van der Waals surface area contributed by atoms with Gasteiger partial charge in [-0.05, 0) is 46.8 Å². The van der Waals surface area contributed by atoms with Crippen LogP contribution >= 0.6 is 11.5 Å². The molecule has 0 radical (unpaired) electrons. The normalized spacial score (nSPS) is 11.9. The van der Waals surface area contributed by atoms with Crippen LogP contribution in [0.2, 0.25) is 0 Å². The SMILES string of the molecule is CC(C)Oc1ccnc(-c2nsc(Nc3ncc(C(F)(F)F)cc3N(C)C(=O)OC(C)(C)C)n2)c1. The fourth-order valence-electron chi connectivity index (χ4n) is 2.75. The molecule has 188 valence electrons. The number of carbonyl (C=O) groups is 1. The standard InChI is InChI=1S/C22H25F3N6O3S/c1-12(2)33-14-7-8-26-15(10-14)17-28-19(35-30-17)29-18-16(9-13(11-27-18)22(23,24)25)31(6)20(32)34-21(3,4)5/h7-12H,1-6H3,(H,27,28,29,30). The molecule has 0 saturated carbocycles. The van der Waals surface area contributed by atoms with E-state index in [9.17, 15) is 18.0 Å². The van der Waals surface area contributed by atoms with Crippen LogP contribution in [0.5, 0.6) is 5.75 Å². The van der Waals surface area contributed by atoms with E-state index in [0.29, 0.717) is 23.5 Å². The van der Waals surface area contributed by atoms with Gasteiger partial charge in [0.25, 0.3) is 0 Å². The second kappa shape index (κ2) is 10.0. The molecule has 0 aromatic carbocycles. The van der Waals surface area contributed by atoms with Crippen molar-refractivity contribution in [3.05, 3.63) is 36.2 Å². The Kier molecular flexibility index (Phi) is 7.48. The molecular weight excluding hydrogens is 485 g/mol. The zero-order valence-corrected chi connectivity index (χ0v) is 20.8. The zero-order valence-electron chi connectivity index (χ0n) is 20.0. The third-order valence-electron chi connectivity index (χ3n) is 4.21.